The summed E-state index contributed by atoms with van der Waals surface area (Å²) in [5.74, 6) is 1.65. The maximum Gasteiger partial charge on any atom is 0.227 e. The minimum absolute atomic E-state index is 0.0545. The number of oxazole rings is 1. The second kappa shape index (κ2) is 9.96. The van der Waals surface area contributed by atoms with Crippen molar-refractivity contribution in [3.05, 3.63) is 86.7 Å². The van der Waals surface area contributed by atoms with Crippen LogP contribution in [-0.2, 0) is 24.2 Å². The summed E-state index contributed by atoms with van der Waals surface area (Å²) in [5.41, 5.74) is 3.14. The number of amides is 1. The molecule has 0 aliphatic carbocycles. The van der Waals surface area contributed by atoms with E-state index in [-0.39, 0.29) is 12.3 Å². The van der Waals surface area contributed by atoms with Gasteiger partial charge in [0.15, 0.2) is 11.3 Å². The third-order valence-corrected chi connectivity index (χ3v) is 7.69. The van der Waals surface area contributed by atoms with E-state index < -0.39 is 0 Å². The molecule has 11 heteroatoms. The summed E-state index contributed by atoms with van der Waals surface area (Å²) in [7, 11) is 0. The summed E-state index contributed by atoms with van der Waals surface area (Å²) < 4.78 is 14.1. The minimum atomic E-state index is 0.0545. The SMILES string of the molecule is O=C(Cc1coc2c(Cl)c(Cl)ccc12)N1CC(Cc2cn(Cc3ncc(-c4cccc(Br)c4)o3)nn2)C1. The number of benzene rings is 2. The van der Waals surface area contributed by atoms with Gasteiger partial charge in [0.05, 0.1) is 29.6 Å². The Morgan fingerprint density at radius 3 is 2.89 bits per heavy atom. The van der Waals surface area contributed by atoms with Crippen molar-refractivity contribution >= 4 is 56.0 Å². The van der Waals surface area contributed by atoms with Crippen LogP contribution in [0.2, 0.25) is 10.0 Å². The molecule has 6 rings (SSSR count). The van der Waals surface area contributed by atoms with E-state index >= 15 is 0 Å². The fourth-order valence-corrected chi connectivity index (χ4v) is 5.27. The van der Waals surface area contributed by atoms with Gasteiger partial charge in [0.1, 0.15) is 11.6 Å². The summed E-state index contributed by atoms with van der Waals surface area (Å²) in [6.07, 6.45) is 6.20. The van der Waals surface area contributed by atoms with Gasteiger partial charge in [-0.25, -0.2) is 9.67 Å². The van der Waals surface area contributed by atoms with E-state index in [0.29, 0.717) is 52.8 Å². The molecule has 3 aromatic heterocycles. The summed E-state index contributed by atoms with van der Waals surface area (Å²) in [6, 6.07) is 11.4. The molecule has 8 nitrogen and oxygen atoms in total. The first kappa shape index (κ1) is 24.2. The van der Waals surface area contributed by atoms with E-state index in [1.165, 1.54) is 0 Å². The molecule has 2 aromatic carbocycles. The van der Waals surface area contributed by atoms with Crippen LogP contribution in [0.15, 0.2) is 68.4 Å². The fourth-order valence-electron chi connectivity index (χ4n) is 4.51. The molecule has 0 atom stereocenters. The largest absolute Gasteiger partial charge is 0.462 e. The molecule has 1 aliphatic rings. The van der Waals surface area contributed by atoms with Gasteiger partial charge in [-0.2, -0.15) is 0 Å². The Hall–Kier alpha value is -3.14. The van der Waals surface area contributed by atoms with Crippen LogP contribution in [0, 0.1) is 5.92 Å². The van der Waals surface area contributed by atoms with Gasteiger partial charge in [-0.1, -0.05) is 56.5 Å². The molecular formula is C26H20BrCl2N5O3. The van der Waals surface area contributed by atoms with Gasteiger partial charge in [0.2, 0.25) is 11.8 Å². The Bertz CT molecular complexity index is 1600. The van der Waals surface area contributed by atoms with Gasteiger partial charge in [-0.3, -0.25) is 4.79 Å². The van der Waals surface area contributed by atoms with Gasteiger partial charge in [0, 0.05) is 40.3 Å². The zero-order valence-corrected chi connectivity index (χ0v) is 22.5. The number of carbonyl (C=O) groups excluding carboxylic acids is 1. The molecule has 0 bridgehead atoms. The van der Waals surface area contributed by atoms with E-state index in [1.54, 1.807) is 23.2 Å². The van der Waals surface area contributed by atoms with Crippen LogP contribution in [-0.4, -0.2) is 43.9 Å². The average Bonchev–Trinajstić information content (AvgIpc) is 3.59. The van der Waals surface area contributed by atoms with Crippen molar-refractivity contribution in [3.63, 3.8) is 0 Å². The van der Waals surface area contributed by atoms with Crippen molar-refractivity contribution in [2.45, 2.75) is 19.4 Å². The van der Waals surface area contributed by atoms with Gasteiger partial charge in [-0.15, -0.1) is 5.10 Å². The van der Waals surface area contributed by atoms with Gasteiger partial charge in [-0.05, 0) is 36.6 Å². The molecule has 1 aliphatic heterocycles. The number of likely N-dealkylation sites (tertiary alicyclic amines) is 1. The Morgan fingerprint density at radius 2 is 2.05 bits per heavy atom. The summed E-state index contributed by atoms with van der Waals surface area (Å²) in [6.45, 7) is 1.76. The van der Waals surface area contributed by atoms with E-state index in [9.17, 15) is 4.79 Å². The number of nitrogens with zero attached hydrogens (tertiary/aromatic N) is 5. The Labute approximate surface area is 230 Å². The Kier molecular flexibility index (Phi) is 6.52. The monoisotopic (exact) mass is 599 g/mol. The van der Waals surface area contributed by atoms with Crippen molar-refractivity contribution in [1.29, 1.82) is 0 Å². The zero-order chi connectivity index (χ0) is 25.5. The molecule has 0 saturated carbocycles. The lowest BCUT2D eigenvalue weighted by molar-refractivity contribution is -0.136. The molecule has 0 radical (unpaired) electrons. The quantitative estimate of drug-likeness (QED) is 0.226. The van der Waals surface area contributed by atoms with Crippen molar-refractivity contribution in [2.75, 3.05) is 13.1 Å². The van der Waals surface area contributed by atoms with Crippen LogP contribution >= 0.6 is 39.1 Å². The lowest BCUT2D eigenvalue weighted by Crippen LogP contribution is -2.51. The number of carbonyl (C=O) groups is 1. The predicted octanol–water partition coefficient (Wildman–Crippen LogP) is 6.04. The normalized spacial score (nSPS) is 13.9. The number of hydrogen-bond acceptors (Lipinski definition) is 6. The lowest BCUT2D eigenvalue weighted by Gasteiger charge is -2.39. The predicted molar refractivity (Wildman–Crippen MR) is 142 cm³/mol. The highest BCUT2D eigenvalue weighted by atomic mass is 79.9. The Balaban J connectivity index is 1.01. The smallest absolute Gasteiger partial charge is 0.227 e. The first-order chi connectivity index (χ1) is 17.9. The van der Waals surface area contributed by atoms with Crippen molar-refractivity contribution < 1.29 is 13.6 Å². The number of fused-ring (bicyclic) bond motifs is 1. The van der Waals surface area contributed by atoms with Crippen molar-refractivity contribution in [3.8, 4) is 11.3 Å². The highest BCUT2D eigenvalue weighted by Gasteiger charge is 2.31. The Morgan fingerprint density at radius 1 is 1.19 bits per heavy atom. The number of furan rings is 1. The van der Waals surface area contributed by atoms with E-state index in [2.05, 4.69) is 31.2 Å². The molecule has 37 heavy (non-hydrogen) atoms. The minimum Gasteiger partial charge on any atom is -0.462 e. The number of rotatable bonds is 7. The van der Waals surface area contributed by atoms with Crippen LogP contribution < -0.4 is 0 Å². The van der Waals surface area contributed by atoms with E-state index in [0.717, 1.165) is 33.1 Å². The third-order valence-electron chi connectivity index (χ3n) is 6.41. The van der Waals surface area contributed by atoms with Gasteiger partial charge in [0.25, 0.3) is 0 Å². The van der Waals surface area contributed by atoms with Crippen LogP contribution in [0.25, 0.3) is 22.3 Å². The van der Waals surface area contributed by atoms with Crippen molar-refractivity contribution in [2.24, 2.45) is 5.92 Å². The van der Waals surface area contributed by atoms with Crippen molar-refractivity contribution in [1.82, 2.24) is 24.9 Å². The highest BCUT2D eigenvalue weighted by Crippen LogP contribution is 2.34. The second-order valence-electron chi connectivity index (χ2n) is 9.08. The molecule has 0 N–H and O–H groups in total. The molecule has 5 aromatic rings. The lowest BCUT2D eigenvalue weighted by atomic mass is 9.94. The molecule has 188 valence electrons. The average molecular weight is 601 g/mol. The molecule has 0 unspecified atom stereocenters. The molecule has 4 heterocycles. The first-order valence-corrected chi connectivity index (χ1v) is 13.2. The maximum atomic E-state index is 12.8. The van der Waals surface area contributed by atoms with Crippen LogP contribution in [0.3, 0.4) is 0 Å². The summed E-state index contributed by atoms with van der Waals surface area (Å²) in [4.78, 5) is 19.0. The molecule has 1 fully saturated rings. The fraction of sp³-hybridized carbons (Fsp3) is 0.231. The zero-order valence-electron chi connectivity index (χ0n) is 19.4. The molecule has 1 amide bonds. The number of aromatic nitrogens is 4. The molecular weight excluding hydrogens is 581 g/mol. The maximum absolute atomic E-state index is 12.8. The second-order valence-corrected chi connectivity index (χ2v) is 10.8. The van der Waals surface area contributed by atoms with Gasteiger partial charge >= 0.3 is 0 Å². The first-order valence-electron chi connectivity index (χ1n) is 11.6. The van der Waals surface area contributed by atoms with Gasteiger partial charge < -0.3 is 13.7 Å². The summed E-state index contributed by atoms with van der Waals surface area (Å²) in [5, 5.41) is 10.1. The van der Waals surface area contributed by atoms with Crippen LogP contribution in [0.5, 0.6) is 0 Å². The van der Waals surface area contributed by atoms with Crippen LogP contribution in [0.1, 0.15) is 17.1 Å². The number of halogens is 3. The number of hydrogen-bond donors (Lipinski definition) is 0. The molecule has 1 saturated heterocycles. The standard InChI is InChI=1S/C26H20BrCl2N5O3/c27-18-3-1-2-16(7-18)22-9-30-23(37-22)13-34-12-19(31-32-34)6-15-10-33(11-15)24(35)8-17-14-36-26-20(17)4-5-21(28)25(26)29/h1-5,7,9,12,14-15H,6,8,10-11,13H2. The van der Waals surface area contributed by atoms with E-state index in [4.69, 9.17) is 32.0 Å². The molecule has 0 spiro atoms. The third kappa shape index (κ3) is 5.03. The highest BCUT2D eigenvalue weighted by molar-refractivity contribution is 9.10. The van der Waals surface area contributed by atoms with Crippen LogP contribution in [0.4, 0.5) is 0 Å². The van der Waals surface area contributed by atoms with E-state index in [1.807, 2.05) is 41.4 Å². The topological polar surface area (TPSA) is 90.2 Å². The summed E-state index contributed by atoms with van der Waals surface area (Å²) >= 11 is 15.7.